The number of carbonyl (C=O) groups is 1. The van der Waals surface area contributed by atoms with Gasteiger partial charge >= 0.3 is 0 Å². The Balaban J connectivity index is 1.89. The van der Waals surface area contributed by atoms with Crippen LogP contribution >= 0.6 is 0 Å². The fourth-order valence-corrected chi connectivity index (χ4v) is 4.36. The number of hydrogen-bond donors (Lipinski definition) is 1. The fourth-order valence-electron chi connectivity index (χ4n) is 2.92. The van der Waals surface area contributed by atoms with E-state index in [4.69, 9.17) is 14.2 Å². The first-order chi connectivity index (χ1) is 14.0. The van der Waals surface area contributed by atoms with Crippen molar-refractivity contribution in [3.05, 3.63) is 48.0 Å². The van der Waals surface area contributed by atoms with Gasteiger partial charge in [-0.1, -0.05) is 0 Å². The van der Waals surface area contributed by atoms with Crippen LogP contribution in [0.2, 0.25) is 0 Å². The largest absolute Gasteiger partial charge is 0.497 e. The average Bonchev–Trinajstić information content (AvgIpc) is 2.75. The van der Waals surface area contributed by atoms with E-state index in [0.717, 1.165) is 0 Å². The van der Waals surface area contributed by atoms with E-state index in [-0.39, 0.29) is 10.8 Å². The zero-order valence-electron chi connectivity index (χ0n) is 16.4. The molecular weight excluding hydrogens is 396 g/mol. The summed E-state index contributed by atoms with van der Waals surface area (Å²) < 4.78 is 43.1. The van der Waals surface area contributed by atoms with Crippen LogP contribution in [0.4, 0.5) is 5.69 Å². The molecule has 1 aliphatic rings. The molecule has 9 heteroatoms. The molecule has 0 spiro atoms. The number of benzene rings is 2. The highest BCUT2D eigenvalue weighted by atomic mass is 32.2. The normalized spacial score (nSPS) is 15.0. The topological polar surface area (TPSA) is 94.2 Å². The summed E-state index contributed by atoms with van der Waals surface area (Å²) in [6, 6.07) is 11.1. The van der Waals surface area contributed by atoms with Crippen molar-refractivity contribution in [2.24, 2.45) is 0 Å². The van der Waals surface area contributed by atoms with Gasteiger partial charge in [-0.15, -0.1) is 0 Å². The lowest BCUT2D eigenvalue weighted by Gasteiger charge is -2.26. The van der Waals surface area contributed by atoms with E-state index in [1.54, 1.807) is 37.4 Å². The predicted octanol–water partition coefficient (Wildman–Crippen LogP) is 2.37. The summed E-state index contributed by atoms with van der Waals surface area (Å²) >= 11 is 0. The first kappa shape index (κ1) is 21.1. The third-order valence-electron chi connectivity index (χ3n) is 4.46. The molecule has 2 aromatic rings. The molecule has 0 aliphatic carbocycles. The maximum absolute atomic E-state index is 12.9. The Hall–Kier alpha value is -2.62. The lowest BCUT2D eigenvalue weighted by molar-refractivity contribution is 0.0730. The predicted molar refractivity (Wildman–Crippen MR) is 108 cm³/mol. The number of nitrogens with one attached hydrogen (secondary N) is 1. The zero-order chi connectivity index (χ0) is 20.9. The van der Waals surface area contributed by atoms with Crippen LogP contribution in [0.25, 0.3) is 0 Å². The number of hydrogen-bond acceptors (Lipinski definition) is 6. The molecule has 1 saturated heterocycles. The monoisotopic (exact) mass is 420 g/mol. The third kappa shape index (κ3) is 4.87. The molecule has 0 aromatic heterocycles. The van der Waals surface area contributed by atoms with Crippen LogP contribution in [0, 0.1) is 0 Å². The van der Waals surface area contributed by atoms with Crippen molar-refractivity contribution < 1.29 is 27.4 Å². The Kier molecular flexibility index (Phi) is 6.73. The van der Waals surface area contributed by atoms with Gasteiger partial charge in [-0.25, -0.2) is 8.42 Å². The molecule has 1 aliphatic heterocycles. The second-order valence-electron chi connectivity index (χ2n) is 6.29. The zero-order valence-corrected chi connectivity index (χ0v) is 17.2. The summed E-state index contributed by atoms with van der Waals surface area (Å²) in [5.74, 6) is 0.653. The van der Waals surface area contributed by atoms with Gasteiger partial charge in [0.05, 0.1) is 37.5 Å². The van der Waals surface area contributed by atoms with Crippen molar-refractivity contribution in [2.75, 3.05) is 45.3 Å². The summed E-state index contributed by atoms with van der Waals surface area (Å²) in [5, 5.41) is 2.75. The molecule has 0 unspecified atom stereocenters. The van der Waals surface area contributed by atoms with Crippen molar-refractivity contribution in [3.63, 3.8) is 0 Å². The maximum Gasteiger partial charge on any atom is 0.255 e. The van der Waals surface area contributed by atoms with E-state index in [1.165, 1.54) is 16.4 Å². The van der Waals surface area contributed by atoms with Crippen molar-refractivity contribution in [1.29, 1.82) is 0 Å². The smallest absolute Gasteiger partial charge is 0.255 e. The van der Waals surface area contributed by atoms with Crippen molar-refractivity contribution >= 4 is 21.6 Å². The molecule has 0 atom stereocenters. The molecule has 0 bridgehead atoms. The quantitative estimate of drug-likeness (QED) is 0.739. The molecule has 1 amide bonds. The molecule has 8 nitrogen and oxygen atoms in total. The number of morpholine rings is 1. The minimum absolute atomic E-state index is 0.0906. The molecule has 156 valence electrons. The standard InChI is InChI=1S/C20H24N2O6S/c1-3-28-19-9-8-17(29(24,25)22-10-12-27-13-11-22)14-18(19)21-20(23)15-4-6-16(26-2)7-5-15/h4-9,14H,3,10-13H2,1-2H3,(H,21,23). The molecular formula is C20H24N2O6S. The van der Waals surface area contributed by atoms with Crippen molar-refractivity contribution in [3.8, 4) is 11.5 Å². The van der Waals surface area contributed by atoms with E-state index in [9.17, 15) is 13.2 Å². The van der Waals surface area contributed by atoms with E-state index in [1.807, 2.05) is 6.92 Å². The third-order valence-corrected chi connectivity index (χ3v) is 6.35. The van der Waals surface area contributed by atoms with Gasteiger partial charge in [-0.3, -0.25) is 4.79 Å². The molecule has 29 heavy (non-hydrogen) atoms. The number of methoxy groups -OCH3 is 1. The molecule has 0 radical (unpaired) electrons. The van der Waals surface area contributed by atoms with Gasteiger partial charge in [0.15, 0.2) is 0 Å². The first-order valence-corrected chi connectivity index (χ1v) is 10.7. The highest BCUT2D eigenvalue weighted by Gasteiger charge is 2.27. The lowest BCUT2D eigenvalue weighted by atomic mass is 10.2. The maximum atomic E-state index is 12.9. The van der Waals surface area contributed by atoms with Crippen molar-refractivity contribution in [1.82, 2.24) is 4.31 Å². The summed E-state index contributed by atoms with van der Waals surface area (Å²) in [4.78, 5) is 12.7. The number of ether oxygens (including phenoxy) is 3. The summed E-state index contributed by atoms with van der Waals surface area (Å²) in [7, 11) is -2.15. The van der Waals surface area contributed by atoms with Crippen LogP contribution in [0.15, 0.2) is 47.4 Å². The van der Waals surface area contributed by atoms with E-state index < -0.39 is 10.0 Å². The highest BCUT2D eigenvalue weighted by Crippen LogP contribution is 2.30. The van der Waals surface area contributed by atoms with Crippen LogP contribution in [-0.4, -0.2) is 58.7 Å². The van der Waals surface area contributed by atoms with Crippen LogP contribution < -0.4 is 14.8 Å². The number of amides is 1. The van der Waals surface area contributed by atoms with Gasteiger partial charge in [0.2, 0.25) is 10.0 Å². The average molecular weight is 420 g/mol. The molecule has 2 aromatic carbocycles. The Labute approximate surface area is 170 Å². The second-order valence-corrected chi connectivity index (χ2v) is 8.23. The molecule has 1 heterocycles. The van der Waals surface area contributed by atoms with Gasteiger partial charge in [0.25, 0.3) is 5.91 Å². The minimum atomic E-state index is -3.70. The van der Waals surface area contributed by atoms with Crippen LogP contribution in [-0.2, 0) is 14.8 Å². The van der Waals surface area contributed by atoms with Gasteiger partial charge in [0, 0.05) is 18.7 Å². The van der Waals surface area contributed by atoms with Gasteiger partial charge < -0.3 is 19.5 Å². The molecule has 1 N–H and O–H groups in total. The van der Waals surface area contributed by atoms with Gasteiger partial charge in [-0.05, 0) is 49.4 Å². The first-order valence-electron chi connectivity index (χ1n) is 9.26. The van der Waals surface area contributed by atoms with Crippen molar-refractivity contribution in [2.45, 2.75) is 11.8 Å². The molecule has 3 rings (SSSR count). The number of sulfonamides is 1. The number of carbonyl (C=O) groups excluding carboxylic acids is 1. The minimum Gasteiger partial charge on any atom is -0.497 e. The fraction of sp³-hybridized carbons (Fsp3) is 0.350. The number of rotatable bonds is 7. The summed E-state index contributed by atoms with van der Waals surface area (Å²) in [6.45, 7) is 3.50. The molecule has 0 saturated carbocycles. The molecule has 1 fully saturated rings. The Bertz CT molecular complexity index is 953. The van der Waals surface area contributed by atoms with Gasteiger partial charge in [-0.2, -0.15) is 4.31 Å². The Morgan fingerprint density at radius 1 is 1.14 bits per heavy atom. The van der Waals surface area contributed by atoms with E-state index in [2.05, 4.69) is 5.32 Å². The number of nitrogens with zero attached hydrogens (tertiary/aromatic N) is 1. The SMILES string of the molecule is CCOc1ccc(S(=O)(=O)N2CCOCC2)cc1NC(=O)c1ccc(OC)cc1. The van der Waals surface area contributed by atoms with Crippen LogP contribution in [0.5, 0.6) is 11.5 Å². The Morgan fingerprint density at radius 2 is 1.83 bits per heavy atom. The van der Waals surface area contributed by atoms with Crippen LogP contribution in [0.3, 0.4) is 0 Å². The lowest BCUT2D eigenvalue weighted by Crippen LogP contribution is -2.40. The summed E-state index contributed by atoms with van der Waals surface area (Å²) in [6.07, 6.45) is 0. The summed E-state index contributed by atoms with van der Waals surface area (Å²) in [5.41, 5.74) is 0.705. The van der Waals surface area contributed by atoms with Gasteiger partial charge in [0.1, 0.15) is 11.5 Å². The highest BCUT2D eigenvalue weighted by molar-refractivity contribution is 7.89. The Morgan fingerprint density at radius 3 is 2.45 bits per heavy atom. The van der Waals surface area contributed by atoms with E-state index >= 15 is 0 Å². The number of anilines is 1. The van der Waals surface area contributed by atoms with Crippen LogP contribution in [0.1, 0.15) is 17.3 Å². The van der Waals surface area contributed by atoms with E-state index in [0.29, 0.717) is 55.7 Å². The second kappa shape index (κ2) is 9.25.